The van der Waals surface area contributed by atoms with E-state index >= 15 is 0 Å². The van der Waals surface area contributed by atoms with Gasteiger partial charge in [0.25, 0.3) is 0 Å². The van der Waals surface area contributed by atoms with E-state index in [4.69, 9.17) is 0 Å². The molecule has 7 heteroatoms. The van der Waals surface area contributed by atoms with Gasteiger partial charge in [0.15, 0.2) is 5.75 Å². The van der Waals surface area contributed by atoms with Crippen molar-refractivity contribution in [2.75, 3.05) is 0 Å². The maximum absolute atomic E-state index is 12.9. The first-order valence-corrected chi connectivity index (χ1v) is 9.53. The molecule has 0 atom stereocenters. The molecule has 0 heterocycles. The van der Waals surface area contributed by atoms with Gasteiger partial charge in [-0.2, -0.15) is 21.6 Å². The maximum Gasteiger partial charge on any atom is 0.534 e. The number of aryl methyl sites for hydroxylation is 3. The Balaban J connectivity index is 2.35. The Morgan fingerprint density at radius 1 is 0.852 bits per heavy atom. The zero-order chi connectivity index (χ0) is 20.0. The van der Waals surface area contributed by atoms with E-state index in [1.807, 2.05) is 43.3 Å². The smallest absolute Gasteiger partial charge is 0.375 e. The Hall–Kier alpha value is -2.54. The van der Waals surface area contributed by atoms with Crippen LogP contribution >= 0.6 is 0 Å². The largest absolute Gasteiger partial charge is 0.534 e. The van der Waals surface area contributed by atoms with E-state index in [0.717, 1.165) is 16.3 Å². The molecule has 142 valence electrons. The number of alkyl halides is 3. The molecule has 27 heavy (non-hydrogen) atoms. The Morgan fingerprint density at radius 2 is 1.52 bits per heavy atom. The number of hydrogen-bond acceptors (Lipinski definition) is 3. The SMILES string of the molecule is Cc1cc(C)c(-c2c(C)ccc3ccccc23)c(OS(=O)(=O)C(F)(F)F)c1. The molecule has 3 aromatic rings. The van der Waals surface area contributed by atoms with Gasteiger partial charge >= 0.3 is 15.6 Å². The number of benzene rings is 3. The minimum atomic E-state index is -5.78. The highest BCUT2D eigenvalue weighted by Gasteiger charge is 2.49. The summed E-state index contributed by atoms with van der Waals surface area (Å²) in [6.45, 7) is 5.21. The molecule has 0 spiro atoms. The third kappa shape index (κ3) is 3.51. The minimum absolute atomic E-state index is 0.329. The number of hydrogen-bond donors (Lipinski definition) is 0. The maximum atomic E-state index is 12.9. The van der Waals surface area contributed by atoms with Gasteiger partial charge < -0.3 is 4.18 Å². The molecule has 0 saturated heterocycles. The van der Waals surface area contributed by atoms with E-state index in [9.17, 15) is 21.6 Å². The molecule has 0 saturated carbocycles. The highest BCUT2D eigenvalue weighted by molar-refractivity contribution is 7.88. The zero-order valence-corrected chi connectivity index (χ0v) is 15.7. The average molecular weight is 394 g/mol. The fourth-order valence-corrected chi connectivity index (χ4v) is 3.65. The molecule has 0 fully saturated rings. The molecule has 0 unspecified atom stereocenters. The second kappa shape index (κ2) is 6.56. The van der Waals surface area contributed by atoms with E-state index in [1.54, 1.807) is 19.9 Å². The second-order valence-corrected chi connectivity index (χ2v) is 7.95. The van der Waals surface area contributed by atoms with Crippen molar-refractivity contribution in [1.82, 2.24) is 0 Å². The molecule has 3 aromatic carbocycles. The van der Waals surface area contributed by atoms with Gasteiger partial charge in [-0.15, -0.1) is 0 Å². The van der Waals surface area contributed by atoms with Crippen LogP contribution in [0.15, 0.2) is 48.5 Å². The van der Waals surface area contributed by atoms with Gasteiger partial charge in [0, 0.05) is 5.56 Å². The first kappa shape index (κ1) is 19.2. The molecule has 3 rings (SSSR count). The number of halogens is 3. The summed E-state index contributed by atoms with van der Waals surface area (Å²) in [5.74, 6) is -0.329. The monoisotopic (exact) mass is 394 g/mol. The molecule has 0 N–H and O–H groups in total. The van der Waals surface area contributed by atoms with Crippen molar-refractivity contribution >= 4 is 20.9 Å². The molecule has 0 aliphatic rings. The van der Waals surface area contributed by atoms with Crippen molar-refractivity contribution < 1.29 is 25.8 Å². The quantitative estimate of drug-likeness (QED) is 0.425. The van der Waals surface area contributed by atoms with Crippen molar-refractivity contribution in [2.45, 2.75) is 26.3 Å². The third-order valence-electron chi connectivity index (χ3n) is 4.31. The predicted molar refractivity (Wildman–Crippen MR) is 99.2 cm³/mol. The standard InChI is InChI=1S/C20H17F3O3S/c1-12-10-14(3)19(17(11-12)26-27(24,25)20(21,22)23)18-13(2)8-9-15-6-4-5-7-16(15)18/h4-11H,1-3H3. The van der Waals surface area contributed by atoms with Crippen LogP contribution in [0.2, 0.25) is 0 Å². The average Bonchev–Trinajstić information content (AvgIpc) is 2.54. The Morgan fingerprint density at radius 3 is 2.19 bits per heavy atom. The van der Waals surface area contributed by atoms with Crippen LogP contribution in [0.4, 0.5) is 13.2 Å². The van der Waals surface area contributed by atoms with Crippen molar-refractivity contribution in [2.24, 2.45) is 0 Å². The van der Waals surface area contributed by atoms with Crippen molar-refractivity contribution in [1.29, 1.82) is 0 Å². The van der Waals surface area contributed by atoms with E-state index in [2.05, 4.69) is 4.18 Å². The van der Waals surface area contributed by atoms with Crippen molar-refractivity contribution in [3.63, 3.8) is 0 Å². The van der Waals surface area contributed by atoms with Crippen LogP contribution in [0.25, 0.3) is 21.9 Å². The summed E-state index contributed by atoms with van der Waals surface area (Å²) in [6.07, 6.45) is 0. The molecule has 3 nitrogen and oxygen atoms in total. The molecular weight excluding hydrogens is 377 g/mol. The second-order valence-electron chi connectivity index (χ2n) is 6.42. The summed E-state index contributed by atoms with van der Waals surface area (Å²) in [5, 5.41) is 1.70. The van der Waals surface area contributed by atoms with E-state index in [1.165, 1.54) is 6.07 Å². The van der Waals surface area contributed by atoms with Crippen molar-refractivity contribution in [3.8, 4) is 16.9 Å². The summed E-state index contributed by atoms with van der Waals surface area (Å²) in [5.41, 5.74) is -2.49. The summed E-state index contributed by atoms with van der Waals surface area (Å²) in [4.78, 5) is 0. The van der Waals surface area contributed by atoms with Crippen molar-refractivity contribution in [3.05, 3.63) is 65.2 Å². The van der Waals surface area contributed by atoms with Gasteiger partial charge in [-0.3, -0.25) is 0 Å². The Bertz CT molecular complexity index is 1130. The van der Waals surface area contributed by atoms with Crippen LogP contribution < -0.4 is 4.18 Å². The highest BCUT2D eigenvalue weighted by atomic mass is 32.2. The lowest BCUT2D eigenvalue weighted by Gasteiger charge is -2.19. The van der Waals surface area contributed by atoms with Crippen LogP contribution in [-0.2, 0) is 10.1 Å². The normalized spacial score (nSPS) is 12.4. The lowest BCUT2D eigenvalue weighted by molar-refractivity contribution is -0.0499. The summed E-state index contributed by atoms with van der Waals surface area (Å²) in [6, 6.07) is 14.3. The third-order valence-corrected chi connectivity index (χ3v) is 5.28. The van der Waals surface area contributed by atoms with Gasteiger partial charge in [0.1, 0.15) is 0 Å². The van der Waals surface area contributed by atoms with Crippen LogP contribution in [-0.4, -0.2) is 13.9 Å². The van der Waals surface area contributed by atoms with E-state index < -0.39 is 15.6 Å². The van der Waals surface area contributed by atoms with Gasteiger partial charge in [-0.25, -0.2) is 0 Å². The van der Waals surface area contributed by atoms with Crippen LogP contribution in [0, 0.1) is 20.8 Å². The fraction of sp³-hybridized carbons (Fsp3) is 0.200. The topological polar surface area (TPSA) is 43.4 Å². The fourth-order valence-electron chi connectivity index (χ4n) is 3.19. The highest BCUT2D eigenvalue weighted by Crippen LogP contribution is 2.42. The number of rotatable bonds is 3. The molecule has 0 bridgehead atoms. The van der Waals surface area contributed by atoms with Gasteiger partial charge in [-0.05, 0) is 59.9 Å². The summed E-state index contributed by atoms with van der Waals surface area (Å²) < 4.78 is 66.4. The molecule has 0 aromatic heterocycles. The van der Waals surface area contributed by atoms with Gasteiger partial charge in [0.2, 0.25) is 0 Å². The zero-order valence-electron chi connectivity index (χ0n) is 14.9. The molecule has 0 radical (unpaired) electrons. The Labute approximate surface area is 155 Å². The summed E-state index contributed by atoms with van der Waals surface area (Å²) in [7, 11) is -5.78. The summed E-state index contributed by atoms with van der Waals surface area (Å²) >= 11 is 0. The minimum Gasteiger partial charge on any atom is -0.375 e. The molecule has 0 amide bonds. The van der Waals surface area contributed by atoms with Crippen LogP contribution in [0.1, 0.15) is 16.7 Å². The molecular formula is C20H17F3O3S. The predicted octanol–water partition coefficient (Wildman–Crippen LogP) is 5.66. The van der Waals surface area contributed by atoms with E-state index in [-0.39, 0.29) is 5.75 Å². The van der Waals surface area contributed by atoms with Crippen LogP contribution in [0.3, 0.4) is 0 Å². The van der Waals surface area contributed by atoms with E-state index in [0.29, 0.717) is 22.3 Å². The van der Waals surface area contributed by atoms with Gasteiger partial charge in [0.05, 0.1) is 0 Å². The lowest BCUT2D eigenvalue weighted by atomic mass is 9.90. The number of fused-ring (bicyclic) bond motifs is 1. The molecule has 0 aliphatic carbocycles. The first-order valence-electron chi connectivity index (χ1n) is 8.12. The Kier molecular flexibility index (Phi) is 4.67. The first-order chi connectivity index (χ1) is 12.5. The lowest BCUT2D eigenvalue weighted by Crippen LogP contribution is -2.28. The van der Waals surface area contributed by atoms with Gasteiger partial charge in [-0.1, -0.05) is 42.5 Å². The van der Waals surface area contributed by atoms with Crippen LogP contribution in [0.5, 0.6) is 5.75 Å². The molecule has 0 aliphatic heterocycles.